The van der Waals surface area contributed by atoms with Gasteiger partial charge in [-0.05, 0) is 37.0 Å². The number of benzene rings is 2. The van der Waals surface area contributed by atoms with E-state index in [1.807, 2.05) is 68.4 Å². The zero-order valence-corrected chi connectivity index (χ0v) is 18.7. The minimum absolute atomic E-state index is 0.0222. The van der Waals surface area contributed by atoms with Gasteiger partial charge in [0, 0.05) is 18.0 Å². The Bertz CT molecular complexity index is 775. The summed E-state index contributed by atoms with van der Waals surface area (Å²) in [6.07, 6.45) is 0.581. The number of aryl methyl sites for hydroxylation is 1. The summed E-state index contributed by atoms with van der Waals surface area (Å²) in [7, 11) is 0. The molecule has 0 aliphatic carbocycles. The van der Waals surface area contributed by atoms with Gasteiger partial charge >= 0.3 is 0 Å². The third-order valence-corrected chi connectivity index (χ3v) is 5.65. The summed E-state index contributed by atoms with van der Waals surface area (Å²) in [6.45, 7) is 9.17. The van der Waals surface area contributed by atoms with Gasteiger partial charge in [-0.3, -0.25) is 9.59 Å². The van der Waals surface area contributed by atoms with E-state index in [2.05, 4.69) is 19.2 Å². The Morgan fingerprint density at radius 2 is 1.69 bits per heavy atom. The van der Waals surface area contributed by atoms with E-state index >= 15 is 0 Å². The maximum absolute atomic E-state index is 13.2. The molecule has 29 heavy (non-hydrogen) atoms. The van der Waals surface area contributed by atoms with Crippen LogP contribution in [0.4, 0.5) is 0 Å². The lowest BCUT2D eigenvalue weighted by Gasteiger charge is -2.31. The number of nitrogens with zero attached hydrogens (tertiary/aromatic N) is 1. The van der Waals surface area contributed by atoms with Gasteiger partial charge in [0.15, 0.2) is 0 Å². The molecule has 0 heterocycles. The van der Waals surface area contributed by atoms with Gasteiger partial charge in [0.25, 0.3) is 0 Å². The number of carbonyl (C=O) groups excluding carboxylic acids is 2. The molecule has 0 aliphatic rings. The number of hydrogen-bond donors (Lipinski definition) is 1. The molecule has 0 saturated carbocycles. The first kappa shape index (κ1) is 23.0. The quantitative estimate of drug-likeness (QED) is 0.577. The van der Waals surface area contributed by atoms with Crippen LogP contribution in [0.3, 0.4) is 0 Å². The number of nitrogens with one attached hydrogen (secondary N) is 1. The van der Waals surface area contributed by atoms with E-state index in [0.717, 1.165) is 10.5 Å². The lowest BCUT2D eigenvalue weighted by molar-refractivity contribution is -0.139. The molecule has 2 amide bonds. The molecule has 1 atom stereocenters. The summed E-state index contributed by atoms with van der Waals surface area (Å²) in [5, 5.41) is 2.99. The van der Waals surface area contributed by atoms with Crippen molar-refractivity contribution < 1.29 is 9.59 Å². The van der Waals surface area contributed by atoms with Gasteiger partial charge < -0.3 is 10.2 Å². The molecule has 156 valence electrons. The van der Waals surface area contributed by atoms with Gasteiger partial charge in [0.05, 0.1) is 5.75 Å². The third-order valence-electron chi connectivity index (χ3n) is 4.65. The van der Waals surface area contributed by atoms with Gasteiger partial charge in [-0.15, -0.1) is 11.8 Å². The van der Waals surface area contributed by atoms with E-state index in [4.69, 9.17) is 0 Å². The predicted octanol–water partition coefficient (Wildman–Crippen LogP) is 4.67. The second kappa shape index (κ2) is 11.7. The number of amides is 2. The SMILES string of the molecule is CC[C@H](C(=O)NCC(C)C)N(Cc1ccccc1)C(=O)CSc1ccc(C)cc1. The zero-order valence-electron chi connectivity index (χ0n) is 17.9. The summed E-state index contributed by atoms with van der Waals surface area (Å²) < 4.78 is 0. The van der Waals surface area contributed by atoms with Crippen molar-refractivity contribution in [3.8, 4) is 0 Å². The molecule has 2 rings (SSSR count). The molecule has 0 bridgehead atoms. The number of rotatable bonds is 10. The molecule has 1 N–H and O–H groups in total. The molecule has 0 spiro atoms. The molecule has 0 saturated heterocycles. The second-order valence-corrected chi connectivity index (χ2v) is 8.72. The number of hydrogen-bond acceptors (Lipinski definition) is 3. The Labute approximate surface area is 179 Å². The molecule has 2 aromatic rings. The van der Waals surface area contributed by atoms with Crippen LogP contribution >= 0.6 is 11.8 Å². The van der Waals surface area contributed by atoms with Crippen molar-refractivity contribution in [3.63, 3.8) is 0 Å². The highest BCUT2D eigenvalue weighted by molar-refractivity contribution is 8.00. The molecule has 0 unspecified atom stereocenters. The first-order valence-electron chi connectivity index (χ1n) is 10.2. The van der Waals surface area contributed by atoms with Crippen LogP contribution in [0.1, 0.15) is 38.3 Å². The molecule has 2 aromatic carbocycles. The highest BCUT2D eigenvalue weighted by atomic mass is 32.2. The van der Waals surface area contributed by atoms with Gasteiger partial charge in [-0.25, -0.2) is 0 Å². The van der Waals surface area contributed by atoms with Crippen molar-refractivity contribution in [2.45, 2.75) is 51.6 Å². The summed E-state index contributed by atoms with van der Waals surface area (Å²) in [6, 6.07) is 17.5. The Morgan fingerprint density at radius 3 is 2.28 bits per heavy atom. The molecule has 0 fully saturated rings. The normalized spacial score (nSPS) is 11.9. The van der Waals surface area contributed by atoms with Crippen molar-refractivity contribution in [3.05, 3.63) is 65.7 Å². The molecule has 0 aliphatic heterocycles. The third kappa shape index (κ3) is 7.58. The smallest absolute Gasteiger partial charge is 0.242 e. The van der Waals surface area contributed by atoms with Crippen molar-refractivity contribution >= 4 is 23.6 Å². The van der Waals surface area contributed by atoms with Crippen molar-refractivity contribution in [2.24, 2.45) is 5.92 Å². The minimum atomic E-state index is -0.472. The summed E-state index contributed by atoms with van der Waals surface area (Å²) in [4.78, 5) is 28.8. The van der Waals surface area contributed by atoms with Crippen LogP contribution in [-0.4, -0.2) is 35.1 Å². The number of carbonyl (C=O) groups is 2. The Morgan fingerprint density at radius 1 is 1.03 bits per heavy atom. The Kier molecular flexibility index (Phi) is 9.26. The van der Waals surface area contributed by atoms with Gasteiger partial charge in [0.1, 0.15) is 6.04 Å². The zero-order chi connectivity index (χ0) is 21.2. The molecule has 0 aromatic heterocycles. The van der Waals surface area contributed by atoms with Crippen LogP contribution < -0.4 is 5.32 Å². The predicted molar refractivity (Wildman–Crippen MR) is 121 cm³/mol. The largest absolute Gasteiger partial charge is 0.354 e. The average Bonchev–Trinajstić information content (AvgIpc) is 2.72. The van der Waals surface area contributed by atoms with Crippen molar-refractivity contribution in [2.75, 3.05) is 12.3 Å². The molecule has 4 nitrogen and oxygen atoms in total. The lowest BCUT2D eigenvalue weighted by Crippen LogP contribution is -2.50. The van der Waals surface area contributed by atoms with E-state index in [0.29, 0.717) is 31.2 Å². The summed E-state index contributed by atoms with van der Waals surface area (Å²) in [5.74, 6) is 0.577. The molecule has 0 radical (unpaired) electrons. The van der Waals surface area contributed by atoms with Gasteiger partial charge in [-0.2, -0.15) is 0 Å². The second-order valence-electron chi connectivity index (χ2n) is 7.67. The van der Waals surface area contributed by atoms with Crippen LogP contribution in [-0.2, 0) is 16.1 Å². The lowest BCUT2D eigenvalue weighted by atomic mass is 10.1. The molecule has 5 heteroatoms. The first-order valence-corrected chi connectivity index (χ1v) is 11.2. The molecular weight excluding hydrogens is 380 g/mol. The summed E-state index contributed by atoms with van der Waals surface area (Å²) in [5.41, 5.74) is 2.22. The topological polar surface area (TPSA) is 49.4 Å². The maximum Gasteiger partial charge on any atom is 0.242 e. The first-order chi connectivity index (χ1) is 13.9. The van der Waals surface area contributed by atoms with E-state index in [1.165, 1.54) is 17.3 Å². The Balaban J connectivity index is 2.14. The van der Waals surface area contributed by atoms with E-state index in [-0.39, 0.29) is 11.8 Å². The fourth-order valence-electron chi connectivity index (χ4n) is 2.98. The standard InChI is InChI=1S/C24H32N2O2S/c1-5-22(24(28)25-15-18(2)3)26(16-20-9-7-6-8-10-20)23(27)17-29-21-13-11-19(4)12-14-21/h6-14,18,22H,5,15-17H2,1-4H3,(H,25,28)/t22-/m1/s1. The summed E-state index contributed by atoms with van der Waals surface area (Å²) >= 11 is 1.51. The highest BCUT2D eigenvalue weighted by Crippen LogP contribution is 2.21. The highest BCUT2D eigenvalue weighted by Gasteiger charge is 2.28. The van der Waals surface area contributed by atoms with E-state index in [9.17, 15) is 9.59 Å². The average molecular weight is 413 g/mol. The van der Waals surface area contributed by atoms with Crippen LogP contribution in [0.25, 0.3) is 0 Å². The minimum Gasteiger partial charge on any atom is -0.354 e. The van der Waals surface area contributed by atoms with Crippen molar-refractivity contribution in [1.82, 2.24) is 10.2 Å². The van der Waals surface area contributed by atoms with E-state index in [1.54, 1.807) is 4.90 Å². The van der Waals surface area contributed by atoms with Crippen molar-refractivity contribution in [1.29, 1.82) is 0 Å². The molecular formula is C24H32N2O2S. The van der Waals surface area contributed by atoms with Crippen LogP contribution in [0, 0.1) is 12.8 Å². The maximum atomic E-state index is 13.2. The van der Waals surface area contributed by atoms with Crippen LogP contribution in [0.15, 0.2) is 59.5 Å². The van der Waals surface area contributed by atoms with Gasteiger partial charge in [0.2, 0.25) is 11.8 Å². The fourth-order valence-corrected chi connectivity index (χ4v) is 3.77. The Hall–Kier alpha value is -2.27. The van der Waals surface area contributed by atoms with Crippen LogP contribution in [0.5, 0.6) is 0 Å². The van der Waals surface area contributed by atoms with E-state index < -0.39 is 6.04 Å². The van der Waals surface area contributed by atoms with Gasteiger partial charge in [-0.1, -0.05) is 68.8 Å². The van der Waals surface area contributed by atoms with Crippen LogP contribution in [0.2, 0.25) is 0 Å². The fraction of sp³-hybridized carbons (Fsp3) is 0.417. The monoisotopic (exact) mass is 412 g/mol. The number of thioether (sulfide) groups is 1.